The van der Waals surface area contributed by atoms with Crippen LogP contribution in [0, 0.1) is 13.8 Å². The number of thiol groups is 1. The average Bonchev–Trinajstić information content (AvgIpc) is 2.85. The molecule has 7 nitrogen and oxygen atoms in total. The minimum absolute atomic E-state index is 0.0518. The molecule has 2 aromatic carbocycles. The molecule has 0 spiro atoms. The lowest BCUT2D eigenvalue weighted by atomic mass is 9.93. The molecule has 0 radical (unpaired) electrons. The lowest BCUT2D eigenvalue weighted by molar-refractivity contribution is -0.144. The monoisotopic (exact) mass is 527 g/mol. The van der Waals surface area contributed by atoms with Crippen LogP contribution < -0.4 is 10.6 Å². The second kappa shape index (κ2) is 13.5. The molecule has 0 saturated heterocycles. The van der Waals surface area contributed by atoms with Gasteiger partial charge in [0, 0.05) is 18.3 Å². The number of hydrogen-bond donors (Lipinski definition) is 3. The van der Waals surface area contributed by atoms with E-state index in [-0.39, 0.29) is 17.7 Å². The fraction of sp³-hybridized carbons (Fsp3) is 0.483. The lowest BCUT2D eigenvalue weighted by Crippen LogP contribution is -2.56. The zero-order chi connectivity index (χ0) is 27.8. The number of alkyl carbamates (subject to hydrolysis) is 1. The number of hydrogen-bond acceptors (Lipinski definition) is 5. The van der Waals surface area contributed by atoms with Gasteiger partial charge in [0.25, 0.3) is 0 Å². The summed E-state index contributed by atoms with van der Waals surface area (Å²) in [5, 5.41) is 5.67. The summed E-state index contributed by atoms with van der Waals surface area (Å²) >= 11 is 4.35. The molecule has 3 atom stereocenters. The Labute approximate surface area is 226 Å². The van der Waals surface area contributed by atoms with Gasteiger partial charge in [-0.2, -0.15) is 12.6 Å². The summed E-state index contributed by atoms with van der Waals surface area (Å²) in [5.74, 6) is -0.631. The number of rotatable bonds is 10. The van der Waals surface area contributed by atoms with Crippen molar-refractivity contribution >= 4 is 30.5 Å². The van der Waals surface area contributed by atoms with Crippen LogP contribution >= 0.6 is 12.6 Å². The number of benzene rings is 2. The Bertz CT molecular complexity index is 1070. The Kier molecular flexibility index (Phi) is 11.0. The Morgan fingerprint density at radius 3 is 2.24 bits per heavy atom. The number of carbonyl (C=O) groups is 3. The van der Waals surface area contributed by atoms with E-state index in [9.17, 15) is 14.4 Å². The third-order valence-electron chi connectivity index (χ3n) is 6.27. The number of nitrogens with one attached hydrogen (secondary N) is 2. The lowest BCUT2D eigenvalue weighted by Gasteiger charge is -2.38. The van der Waals surface area contributed by atoms with Gasteiger partial charge < -0.3 is 20.3 Å². The third-order valence-corrected chi connectivity index (χ3v) is 6.63. The van der Waals surface area contributed by atoms with E-state index in [1.165, 1.54) is 0 Å². The van der Waals surface area contributed by atoms with Crippen molar-refractivity contribution in [3.8, 4) is 0 Å². The molecule has 0 aliphatic carbocycles. The van der Waals surface area contributed by atoms with E-state index >= 15 is 0 Å². The van der Waals surface area contributed by atoms with E-state index in [0.29, 0.717) is 13.0 Å². The summed E-state index contributed by atoms with van der Waals surface area (Å²) in [4.78, 5) is 41.9. The largest absolute Gasteiger partial charge is 0.444 e. The van der Waals surface area contributed by atoms with E-state index in [0.717, 1.165) is 22.3 Å². The van der Waals surface area contributed by atoms with Crippen LogP contribution in [0.4, 0.5) is 4.79 Å². The van der Waals surface area contributed by atoms with E-state index in [1.54, 1.807) is 25.7 Å². The van der Waals surface area contributed by atoms with Gasteiger partial charge in [0.1, 0.15) is 17.7 Å². The smallest absolute Gasteiger partial charge is 0.408 e. The molecule has 2 aromatic rings. The summed E-state index contributed by atoms with van der Waals surface area (Å²) < 4.78 is 5.37. The highest BCUT2D eigenvalue weighted by atomic mass is 32.1. The van der Waals surface area contributed by atoms with Crippen LogP contribution in [0.15, 0.2) is 48.5 Å². The summed E-state index contributed by atoms with van der Waals surface area (Å²) in [7, 11) is 0. The van der Waals surface area contributed by atoms with Crippen molar-refractivity contribution in [2.24, 2.45) is 0 Å². The molecule has 0 aliphatic rings. The normalized spacial score (nSPS) is 13.7. The minimum atomic E-state index is -0.971. The Morgan fingerprint density at radius 1 is 1.03 bits per heavy atom. The van der Waals surface area contributed by atoms with Crippen molar-refractivity contribution in [3.63, 3.8) is 0 Å². The summed E-state index contributed by atoms with van der Waals surface area (Å²) in [5.41, 5.74) is 2.94. The van der Waals surface area contributed by atoms with Gasteiger partial charge in [-0.1, -0.05) is 55.5 Å². The van der Waals surface area contributed by atoms with Crippen molar-refractivity contribution in [1.82, 2.24) is 15.5 Å². The molecule has 0 bridgehead atoms. The molecule has 0 aliphatic heterocycles. The van der Waals surface area contributed by atoms with Crippen LogP contribution in [-0.4, -0.2) is 46.2 Å². The van der Waals surface area contributed by atoms with Crippen LogP contribution in [0.1, 0.15) is 69.3 Å². The van der Waals surface area contributed by atoms with Crippen molar-refractivity contribution in [2.75, 3.05) is 5.75 Å². The Morgan fingerprint density at radius 2 is 1.68 bits per heavy atom. The number of nitrogens with zero attached hydrogens (tertiary/aromatic N) is 1. The minimum Gasteiger partial charge on any atom is -0.444 e. The van der Waals surface area contributed by atoms with Gasteiger partial charge in [-0.3, -0.25) is 9.59 Å². The van der Waals surface area contributed by atoms with E-state index in [2.05, 4.69) is 23.3 Å². The quantitative estimate of drug-likeness (QED) is 0.375. The predicted octanol–water partition coefficient (Wildman–Crippen LogP) is 5.11. The van der Waals surface area contributed by atoms with Crippen molar-refractivity contribution in [3.05, 3.63) is 70.8 Å². The standard InChI is InChI=1S/C29H41N3O4S/c1-8-20(3)32(27(34)24(18-37)31-28(35)36-29(5,6)7)25(23-16-12-13-19(2)21(23)4)26(33)30-17-22-14-10-9-11-15-22/h9-16,20,24-25,37H,8,17-18H2,1-7H3,(H,30,33)(H,31,35). The number of amides is 3. The fourth-order valence-electron chi connectivity index (χ4n) is 3.98. The summed E-state index contributed by atoms with van der Waals surface area (Å²) in [6, 6.07) is 13.2. The van der Waals surface area contributed by atoms with Gasteiger partial charge in [-0.25, -0.2) is 4.79 Å². The van der Waals surface area contributed by atoms with Crippen LogP contribution in [0.5, 0.6) is 0 Å². The highest BCUT2D eigenvalue weighted by Crippen LogP contribution is 2.30. The number of aryl methyl sites for hydroxylation is 1. The number of ether oxygens (including phenoxy) is 1. The SMILES string of the molecule is CCC(C)N(C(=O)C(CS)NC(=O)OC(C)(C)C)C(C(=O)NCc1ccccc1)c1cccc(C)c1C. The Hall–Kier alpha value is -3.00. The van der Waals surface area contributed by atoms with E-state index in [1.807, 2.05) is 76.2 Å². The molecule has 2 N–H and O–H groups in total. The first-order valence-corrected chi connectivity index (χ1v) is 13.3. The topological polar surface area (TPSA) is 87.7 Å². The zero-order valence-electron chi connectivity index (χ0n) is 23.0. The van der Waals surface area contributed by atoms with Crippen molar-refractivity contribution in [2.45, 2.75) is 85.2 Å². The molecule has 3 amide bonds. The summed E-state index contributed by atoms with van der Waals surface area (Å²) in [6.07, 6.45) is -0.0917. The highest BCUT2D eigenvalue weighted by Gasteiger charge is 2.38. The Balaban J connectivity index is 2.49. The number of carbonyl (C=O) groups excluding carboxylic acids is 3. The van der Waals surface area contributed by atoms with Crippen LogP contribution in [0.2, 0.25) is 0 Å². The fourth-order valence-corrected chi connectivity index (χ4v) is 4.23. The molecule has 0 heterocycles. The predicted molar refractivity (Wildman–Crippen MR) is 151 cm³/mol. The molecule has 3 unspecified atom stereocenters. The first-order valence-electron chi connectivity index (χ1n) is 12.7. The molecule has 0 saturated carbocycles. The maximum Gasteiger partial charge on any atom is 0.408 e. The second-order valence-corrected chi connectivity index (χ2v) is 10.6. The maximum atomic E-state index is 14.0. The van der Waals surface area contributed by atoms with Gasteiger partial charge in [0.15, 0.2) is 0 Å². The third kappa shape index (κ3) is 8.52. The molecular formula is C29H41N3O4S. The molecule has 0 aromatic heterocycles. The van der Waals surface area contributed by atoms with Gasteiger partial charge in [0.2, 0.25) is 11.8 Å². The van der Waals surface area contributed by atoms with E-state index < -0.39 is 29.7 Å². The first-order chi connectivity index (χ1) is 17.4. The summed E-state index contributed by atoms with van der Waals surface area (Å²) in [6.45, 7) is 13.4. The van der Waals surface area contributed by atoms with E-state index in [4.69, 9.17) is 4.74 Å². The highest BCUT2D eigenvalue weighted by molar-refractivity contribution is 7.80. The molecule has 37 heavy (non-hydrogen) atoms. The zero-order valence-corrected chi connectivity index (χ0v) is 23.9. The van der Waals surface area contributed by atoms with Crippen LogP contribution in [0.3, 0.4) is 0 Å². The molecule has 202 valence electrons. The van der Waals surface area contributed by atoms with Gasteiger partial charge >= 0.3 is 6.09 Å². The van der Waals surface area contributed by atoms with Gasteiger partial charge in [-0.05, 0) is 70.2 Å². The van der Waals surface area contributed by atoms with Crippen LogP contribution in [0.25, 0.3) is 0 Å². The molecule has 8 heteroatoms. The molecule has 2 rings (SSSR count). The van der Waals surface area contributed by atoms with Gasteiger partial charge in [0.05, 0.1) is 0 Å². The van der Waals surface area contributed by atoms with Crippen molar-refractivity contribution < 1.29 is 19.1 Å². The molecule has 0 fully saturated rings. The second-order valence-electron chi connectivity index (χ2n) is 10.3. The first kappa shape index (κ1) is 30.2. The van der Waals surface area contributed by atoms with Gasteiger partial charge in [-0.15, -0.1) is 0 Å². The maximum absolute atomic E-state index is 14.0. The van der Waals surface area contributed by atoms with Crippen molar-refractivity contribution in [1.29, 1.82) is 0 Å². The molecular weight excluding hydrogens is 486 g/mol. The average molecular weight is 528 g/mol. The van der Waals surface area contributed by atoms with Crippen LogP contribution in [-0.2, 0) is 20.9 Å².